The zero-order valence-corrected chi connectivity index (χ0v) is 16.2. The first kappa shape index (κ1) is 20.1. The predicted molar refractivity (Wildman–Crippen MR) is 111 cm³/mol. The molecule has 0 unspecified atom stereocenters. The van der Waals surface area contributed by atoms with Crippen LogP contribution in [0.3, 0.4) is 0 Å². The van der Waals surface area contributed by atoms with Crippen LogP contribution < -0.4 is 9.04 Å². The molecule has 0 aliphatic rings. The van der Waals surface area contributed by atoms with Gasteiger partial charge in [0.1, 0.15) is 11.5 Å². The van der Waals surface area contributed by atoms with E-state index in [1.807, 2.05) is 18.2 Å². The van der Waals surface area contributed by atoms with E-state index in [1.165, 1.54) is 24.3 Å². The molecule has 0 N–H and O–H groups in total. The van der Waals surface area contributed by atoms with Gasteiger partial charge in [-0.25, -0.2) is 8.42 Å². The van der Waals surface area contributed by atoms with Crippen molar-refractivity contribution in [1.29, 1.82) is 0 Å². The lowest BCUT2D eigenvalue weighted by molar-refractivity contribution is -0.387. The van der Waals surface area contributed by atoms with Crippen molar-refractivity contribution in [2.45, 2.75) is 4.90 Å². The SMILES string of the molecule is C=CCN(c1ccc(Oc2ccccc2)cc1)S(=O)(=O)c1ccccc1[N+](=O)[O-]. The molecule has 0 atom stereocenters. The Morgan fingerprint density at radius 3 is 2.14 bits per heavy atom. The summed E-state index contributed by atoms with van der Waals surface area (Å²) in [5.74, 6) is 1.18. The molecule has 7 nitrogen and oxygen atoms in total. The Morgan fingerprint density at radius 2 is 1.52 bits per heavy atom. The molecule has 0 radical (unpaired) electrons. The molecule has 3 rings (SSSR count). The maximum Gasteiger partial charge on any atom is 0.289 e. The number of ether oxygens (including phenoxy) is 1. The van der Waals surface area contributed by atoms with Crippen LogP contribution in [0.4, 0.5) is 11.4 Å². The molecule has 0 aliphatic heterocycles. The Labute approximate surface area is 168 Å². The van der Waals surface area contributed by atoms with Crippen molar-refractivity contribution in [3.8, 4) is 11.5 Å². The lowest BCUT2D eigenvalue weighted by Gasteiger charge is -2.23. The summed E-state index contributed by atoms with van der Waals surface area (Å²) in [6.07, 6.45) is 1.42. The fraction of sp³-hybridized carbons (Fsp3) is 0.0476. The van der Waals surface area contributed by atoms with Crippen molar-refractivity contribution in [1.82, 2.24) is 0 Å². The average molecular weight is 410 g/mol. The van der Waals surface area contributed by atoms with Crippen molar-refractivity contribution >= 4 is 21.4 Å². The number of nitro benzene ring substituents is 1. The van der Waals surface area contributed by atoms with Crippen LogP contribution in [0.5, 0.6) is 11.5 Å². The van der Waals surface area contributed by atoms with Gasteiger partial charge in [-0.05, 0) is 42.5 Å². The van der Waals surface area contributed by atoms with E-state index in [-0.39, 0.29) is 11.4 Å². The number of benzene rings is 3. The average Bonchev–Trinajstić information content (AvgIpc) is 2.73. The van der Waals surface area contributed by atoms with Gasteiger partial charge in [0, 0.05) is 6.07 Å². The maximum absolute atomic E-state index is 13.2. The molecule has 0 aliphatic carbocycles. The summed E-state index contributed by atoms with van der Waals surface area (Å²) in [4.78, 5) is 10.2. The molecule has 3 aromatic carbocycles. The summed E-state index contributed by atoms with van der Waals surface area (Å²) in [5.41, 5.74) is -0.144. The fourth-order valence-corrected chi connectivity index (χ4v) is 4.31. The van der Waals surface area contributed by atoms with Gasteiger partial charge in [-0.15, -0.1) is 6.58 Å². The normalized spacial score (nSPS) is 10.9. The minimum atomic E-state index is -4.18. The van der Waals surface area contributed by atoms with Gasteiger partial charge < -0.3 is 4.74 Å². The Balaban J connectivity index is 1.95. The molecule has 0 saturated carbocycles. The van der Waals surface area contributed by atoms with Crippen LogP contribution in [0.25, 0.3) is 0 Å². The highest BCUT2D eigenvalue weighted by Crippen LogP contribution is 2.31. The number of hydrogen-bond donors (Lipinski definition) is 0. The van der Waals surface area contributed by atoms with Gasteiger partial charge in [0.15, 0.2) is 4.90 Å². The van der Waals surface area contributed by atoms with E-state index in [4.69, 9.17) is 4.74 Å². The van der Waals surface area contributed by atoms with Crippen LogP contribution >= 0.6 is 0 Å². The second kappa shape index (κ2) is 8.57. The third-order valence-corrected chi connectivity index (χ3v) is 5.87. The minimum absolute atomic E-state index is 0.0483. The first-order valence-corrected chi connectivity index (χ1v) is 10.1. The predicted octanol–water partition coefficient (Wildman–Crippen LogP) is 4.77. The topological polar surface area (TPSA) is 89.8 Å². The van der Waals surface area contributed by atoms with Crippen molar-refractivity contribution in [3.63, 3.8) is 0 Å². The van der Waals surface area contributed by atoms with Gasteiger partial charge in [0.25, 0.3) is 15.7 Å². The van der Waals surface area contributed by atoms with E-state index >= 15 is 0 Å². The standard InChI is InChI=1S/C21H18N2O5S/c1-2-16-22(29(26,27)21-11-7-6-10-20(21)23(24)25)17-12-14-19(15-13-17)28-18-8-4-3-5-9-18/h2-15H,1,16H2. The quantitative estimate of drug-likeness (QED) is 0.303. The number of sulfonamides is 1. The van der Waals surface area contributed by atoms with Crippen LogP contribution in [0.2, 0.25) is 0 Å². The van der Waals surface area contributed by atoms with Crippen LogP contribution in [0.15, 0.2) is 96.4 Å². The molecule has 29 heavy (non-hydrogen) atoms. The highest BCUT2D eigenvalue weighted by Gasteiger charge is 2.31. The first-order valence-electron chi connectivity index (χ1n) is 8.63. The van der Waals surface area contributed by atoms with Crippen molar-refractivity contribution in [2.24, 2.45) is 0 Å². The number of anilines is 1. The Kier molecular flexibility index (Phi) is 5.94. The van der Waals surface area contributed by atoms with E-state index < -0.39 is 20.6 Å². The minimum Gasteiger partial charge on any atom is -0.457 e. The van der Waals surface area contributed by atoms with Crippen LogP contribution in [-0.2, 0) is 10.0 Å². The molecule has 3 aromatic rings. The highest BCUT2D eigenvalue weighted by atomic mass is 32.2. The van der Waals surface area contributed by atoms with E-state index in [9.17, 15) is 18.5 Å². The molecule has 0 amide bonds. The third kappa shape index (κ3) is 4.44. The van der Waals surface area contributed by atoms with E-state index in [0.717, 1.165) is 10.4 Å². The summed E-state index contributed by atoms with van der Waals surface area (Å²) >= 11 is 0. The summed E-state index contributed by atoms with van der Waals surface area (Å²) in [6, 6.07) is 20.8. The van der Waals surface area contributed by atoms with Crippen LogP contribution in [0, 0.1) is 10.1 Å². The molecule has 0 aromatic heterocycles. The summed E-state index contributed by atoms with van der Waals surface area (Å²) in [6.45, 7) is 3.55. The molecule has 8 heteroatoms. The fourth-order valence-electron chi connectivity index (χ4n) is 2.71. The molecule has 0 bridgehead atoms. The Hall–Kier alpha value is -3.65. The summed E-state index contributed by atoms with van der Waals surface area (Å²) in [5, 5.41) is 11.3. The van der Waals surface area contributed by atoms with Crippen LogP contribution in [0.1, 0.15) is 0 Å². The van der Waals surface area contributed by atoms with Crippen LogP contribution in [-0.4, -0.2) is 19.9 Å². The van der Waals surface area contributed by atoms with E-state index in [0.29, 0.717) is 17.2 Å². The van der Waals surface area contributed by atoms with Gasteiger partial charge in [0.2, 0.25) is 0 Å². The number of hydrogen-bond acceptors (Lipinski definition) is 5. The van der Waals surface area contributed by atoms with E-state index in [1.54, 1.807) is 36.4 Å². The molecular weight excluding hydrogens is 392 g/mol. The van der Waals surface area contributed by atoms with E-state index in [2.05, 4.69) is 6.58 Å². The van der Waals surface area contributed by atoms with Crippen molar-refractivity contribution in [2.75, 3.05) is 10.8 Å². The second-order valence-corrected chi connectivity index (χ2v) is 7.79. The summed E-state index contributed by atoms with van der Waals surface area (Å²) in [7, 11) is -4.18. The monoisotopic (exact) mass is 410 g/mol. The first-order chi connectivity index (χ1) is 13.9. The Morgan fingerprint density at radius 1 is 0.931 bits per heavy atom. The zero-order valence-electron chi connectivity index (χ0n) is 15.3. The highest BCUT2D eigenvalue weighted by molar-refractivity contribution is 7.93. The van der Waals surface area contributed by atoms with Gasteiger partial charge in [-0.3, -0.25) is 14.4 Å². The number of para-hydroxylation sites is 2. The largest absolute Gasteiger partial charge is 0.457 e. The maximum atomic E-state index is 13.2. The number of nitro groups is 1. The second-order valence-electron chi connectivity index (χ2n) is 5.96. The lowest BCUT2D eigenvalue weighted by atomic mass is 10.3. The zero-order chi connectivity index (χ0) is 20.9. The number of nitrogens with zero attached hydrogens (tertiary/aromatic N) is 2. The summed E-state index contributed by atoms with van der Waals surface area (Å²) < 4.78 is 33.1. The van der Waals surface area contributed by atoms with Gasteiger partial charge >= 0.3 is 0 Å². The molecule has 0 heterocycles. The van der Waals surface area contributed by atoms with Crippen molar-refractivity contribution < 1.29 is 18.1 Å². The smallest absolute Gasteiger partial charge is 0.289 e. The van der Waals surface area contributed by atoms with Gasteiger partial charge in [0.05, 0.1) is 17.2 Å². The Bertz CT molecular complexity index is 1110. The molecule has 0 fully saturated rings. The molecule has 0 saturated heterocycles. The van der Waals surface area contributed by atoms with Crippen molar-refractivity contribution in [3.05, 3.63) is 102 Å². The number of rotatable bonds is 8. The van der Waals surface area contributed by atoms with Gasteiger partial charge in [-0.1, -0.05) is 36.4 Å². The third-order valence-electron chi connectivity index (χ3n) is 4.03. The van der Waals surface area contributed by atoms with Gasteiger partial charge in [-0.2, -0.15) is 0 Å². The molecule has 0 spiro atoms. The molecule has 148 valence electrons. The lowest BCUT2D eigenvalue weighted by Crippen LogP contribution is -2.31. The molecular formula is C21H18N2O5S.